The van der Waals surface area contributed by atoms with Crippen LogP contribution in [0.5, 0.6) is 0 Å². The van der Waals surface area contributed by atoms with Crippen LogP contribution in [0.25, 0.3) is 0 Å². The highest BCUT2D eigenvalue weighted by Crippen LogP contribution is 2.52. The Labute approximate surface area is 119 Å². The predicted molar refractivity (Wildman–Crippen MR) is 72.0 cm³/mol. The lowest BCUT2D eigenvalue weighted by Crippen LogP contribution is -2.47. The Morgan fingerprint density at radius 3 is 2.50 bits per heavy atom. The summed E-state index contributed by atoms with van der Waals surface area (Å²) in [7, 11) is 0. The number of hydrogen-bond donors (Lipinski definition) is 2. The maximum atomic E-state index is 12.5. The normalized spacial score (nSPS) is 40.8. The molecule has 3 rings (SSSR count). The number of ether oxygens (including phenoxy) is 1. The summed E-state index contributed by atoms with van der Waals surface area (Å²) in [6, 6.07) is -0.0291. The van der Waals surface area contributed by atoms with Crippen molar-refractivity contribution in [2.45, 2.75) is 51.2 Å². The highest BCUT2D eigenvalue weighted by atomic mass is 16.5. The smallest absolute Gasteiger partial charge is 0.307 e. The first-order chi connectivity index (χ1) is 9.58. The van der Waals surface area contributed by atoms with Gasteiger partial charge in [-0.05, 0) is 50.9 Å². The van der Waals surface area contributed by atoms with Crippen LogP contribution >= 0.6 is 0 Å². The Balaban J connectivity index is 1.65. The second-order valence-electron chi connectivity index (χ2n) is 6.57. The molecule has 2 bridgehead atoms. The van der Waals surface area contributed by atoms with Crippen molar-refractivity contribution in [1.29, 1.82) is 0 Å². The van der Waals surface area contributed by atoms with Gasteiger partial charge in [-0.1, -0.05) is 0 Å². The van der Waals surface area contributed by atoms with Crippen molar-refractivity contribution in [1.82, 2.24) is 5.32 Å². The molecule has 2 saturated carbocycles. The third-order valence-electron chi connectivity index (χ3n) is 5.40. The zero-order valence-corrected chi connectivity index (χ0v) is 11.9. The summed E-state index contributed by atoms with van der Waals surface area (Å²) in [6.45, 7) is 2.72. The molecule has 1 saturated heterocycles. The first-order valence-electron chi connectivity index (χ1n) is 7.72. The Kier molecular flexibility index (Phi) is 3.71. The zero-order chi connectivity index (χ0) is 14.3. The van der Waals surface area contributed by atoms with Gasteiger partial charge in [0.05, 0.1) is 24.0 Å². The van der Waals surface area contributed by atoms with Crippen LogP contribution in [0.15, 0.2) is 0 Å². The van der Waals surface area contributed by atoms with Crippen molar-refractivity contribution in [2.75, 3.05) is 6.61 Å². The van der Waals surface area contributed by atoms with E-state index in [2.05, 4.69) is 5.32 Å². The Bertz CT molecular complexity index is 405. The molecule has 0 aromatic rings. The summed E-state index contributed by atoms with van der Waals surface area (Å²) in [5, 5.41) is 12.4. The van der Waals surface area contributed by atoms with Crippen LogP contribution in [0.1, 0.15) is 39.0 Å². The van der Waals surface area contributed by atoms with Crippen LogP contribution in [0, 0.1) is 23.7 Å². The standard InChI is InChI=1S/C15H23NO4/c1-8(11-3-2-6-20-11)16-14(17)12-9-4-5-10(7-9)13(12)15(18)19/h8-13H,2-7H2,1H3,(H,16,17)(H,18,19)/t8-,9-,10-,11+,12+,13-/m0/s1. The molecule has 2 N–H and O–H groups in total. The van der Waals surface area contributed by atoms with E-state index < -0.39 is 11.9 Å². The Morgan fingerprint density at radius 1 is 1.20 bits per heavy atom. The molecule has 1 aliphatic heterocycles. The van der Waals surface area contributed by atoms with E-state index in [0.29, 0.717) is 0 Å². The summed E-state index contributed by atoms with van der Waals surface area (Å²) >= 11 is 0. The van der Waals surface area contributed by atoms with Crippen molar-refractivity contribution in [2.24, 2.45) is 23.7 Å². The van der Waals surface area contributed by atoms with Crippen LogP contribution in [0.2, 0.25) is 0 Å². The maximum absolute atomic E-state index is 12.5. The molecule has 0 radical (unpaired) electrons. The lowest BCUT2D eigenvalue weighted by Gasteiger charge is -2.29. The molecule has 0 aromatic carbocycles. The quantitative estimate of drug-likeness (QED) is 0.817. The third kappa shape index (κ3) is 2.32. The van der Waals surface area contributed by atoms with Gasteiger partial charge in [0.2, 0.25) is 5.91 Å². The molecule has 0 unspecified atom stereocenters. The van der Waals surface area contributed by atoms with Gasteiger partial charge in [-0.15, -0.1) is 0 Å². The summed E-state index contributed by atoms with van der Waals surface area (Å²) in [5.41, 5.74) is 0. The fourth-order valence-electron chi connectivity index (χ4n) is 4.43. The molecule has 1 amide bonds. The van der Waals surface area contributed by atoms with E-state index in [0.717, 1.165) is 38.7 Å². The van der Waals surface area contributed by atoms with Gasteiger partial charge in [-0.2, -0.15) is 0 Å². The lowest BCUT2D eigenvalue weighted by atomic mass is 9.78. The third-order valence-corrected chi connectivity index (χ3v) is 5.40. The fourth-order valence-corrected chi connectivity index (χ4v) is 4.43. The number of aliphatic carboxylic acids is 1. The second kappa shape index (κ2) is 5.35. The van der Waals surface area contributed by atoms with Crippen LogP contribution in [0.4, 0.5) is 0 Å². The first-order valence-corrected chi connectivity index (χ1v) is 7.72. The molecule has 0 spiro atoms. The van der Waals surface area contributed by atoms with Crippen molar-refractivity contribution in [3.8, 4) is 0 Å². The molecule has 5 heteroatoms. The molecule has 112 valence electrons. The van der Waals surface area contributed by atoms with E-state index in [1.807, 2.05) is 6.92 Å². The van der Waals surface area contributed by atoms with E-state index in [-0.39, 0.29) is 35.8 Å². The number of hydrogen-bond acceptors (Lipinski definition) is 3. The number of carbonyl (C=O) groups excluding carboxylic acids is 1. The second-order valence-corrected chi connectivity index (χ2v) is 6.57. The van der Waals surface area contributed by atoms with Gasteiger partial charge in [0.15, 0.2) is 0 Å². The molecule has 2 aliphatic carbocycles. The van der Waals surface area contributed by atoms with Gasteiger partial charge in [0.1, 0.15) is 0 Å². The van der Waals surface area contributed by atoms with Crippen LogP contribution in [-0.4, -0.2) is 35.7 Å². The molecule has 3 fully saturated rings. The monoisotopic (exact) mass is 281 g/mol. The Morgan fingerprint density at radius 2 is 1.90 bits per heavy atom. The molecule has 3 aliphatic rings. The van der Waals surface area contributed by atoms with Crippen LogP contribution < -0.4 is 5.32 Å². The number of nitrogens with one attached hydrogen (secondary N) is 1. The van der Waals surface area contributed by atoms with Gasteiger partial charge in [0, 0.05) is 6.61 Å². The summed E-state index contributed by atoms with van der Waals surface area (Å²) in [4.78, 5) is 23.9. The van der Waals surface area contributed by atoms with E-state index in [1.165, 1.54) is 0 Å². The topological polar surface area (TPSA) is 75.6 Å². The molecule has 20 heavy (non-hydrogen) atoms. The molecular formula is C15H23NO4. The minimum atomic E-state index is -0.804. The number of carboxylic acids is 1. The lowest BCUT2D eigenvalue weighted by molar-refractivity contribution is -0.149. The number of fused-ring (bicyclic) bond motifs is 2. The molecule has 6 atom stereocenters. The van der Waals surface area contributed by atoms with E-state index in [4.69, 9.17) is 4.74 Å². The highest BCUT2D eigenvalue weighted by Gasteiger charge is 2.54. The average molecular weight is 281 g/mol. The summed E-state index contributed by atoms with van der Waals surface area (Å²) in [5.74, 6) is -1.24. The minimum absolute atomic E-state index is 0.0291. The van der Waals surface area contributed by atoms with Gasteiger partial charge < -0.3 is 15.2 Å². The van der Waals surface area contributed by atoms with E-state index >= 15 is 0 Å². The van der Waals surface area contributed by atoms with Gasteiger partial charge in [-0.3, -0.25) is 9.59 Å². The molecule has 1 heterocycles. The van der Waals surface area contributed by atoms with Crippen LogP contribution in [-0.2, 0) is 14.3 Å². The molecular weight excluding hydrogens is 258 g/mol. The number of amides is 1. The number of carboxylic acid groups (broad SMARTS) is 1. The van der Waals surface area contributed by atoms with Crippen molar-refractivity contribution < 1.29 is 19.4 Å². The SMILES string of the molecule is C[C@H](NC(=O)[C@@H]1[C@H]2CC[C@@H](C2)[C@@H]1C(=O)O)[C@H]1CCCO1. The molecule has 0 aromatic heterocycles. The summed E-state index contributed by atoms with van der Waals surface area (Å²) < 4.78 is 5.58. The van der Waals surface area contributed by atoms with Gasteiger partial charge in [-0.25, -0.2) is 0 Å². The van der Waals surface area contributed by atoms with Crippen LogP contribution in [0.3, 0.4) is 0 Å². The van der Waals surface area contributed by atoms with Crippen molar-refractivity contribution in [3.05, 3.63) is 0 Å². The Hall–Kier alpha value is -1.10. The number of rotatable bonds is 4. The van der Waals surface area contributed by atoms with E-state index in [1.54, 1.807) is 0 Å². The maximum Gasteiger partial charge on any atom is 0.307 e. The highest BCUT2D eigenvalue weighted by molar-refractivity contribution is 5.86. The zero-order valence-electron chi connectivity index (χ0n) is 11.9. The largest absolute Gasteiger partial charge is 0.481 e. The average Bonchev–Trinajstić information content (AvgIpc) is 3.13. The minimum Gasteiger partial charge on any atom is -0.481 e. The van der Waals surface area contributed by atoms with Crippen molar-refractivity contribution in [3.63, 3.8) is 0 Å². The van der Waals surface area contributed by atoms with Gasteiger partial charge >= 0.3 is 5.97 Å². The van der Waals surface area contributed by atoms with E-state index in [9.17, 15) is 14.7 Å². The summed E-state index contributed by atoms with van der Waals surface area (Å²) in [6.07, 6.45) is 4.97. The first kappa shape index (κ1) is 13.9. The van der Waals surface area contributed by atoms with Crippen molar-refractivity contribution >= 4 is 11.9 Å². The molecule has 5 nitrogen and oxygen atoms in total. The number of carbonyl (C=O) groups is 2. The fraction of sp³-hybridized carbons (Fsp3) is 0.867. The predicted octanol–water partition coefficient (Wildman–Crippen LogP) is 1.42. The van der Waals surface area contributed by atoms with Gasteiger partial charge in [0.25, 0.3) is 0 Å².